The highest BCUT2D eigenvalue weighted by atomic mass is 16.3. The van der Waals surface area contributed by atoms with E-state index >= 15 is 0 Å². The number of rotatable bonds is 5. The van der Waals surface area contributed by atoms with Gasteiger partial charge < -0.3 is 15.7 Å². The van der Waals surface area contributed by atoms with E-state index in [0.29, 0.717) is 5.95 Å². The number of aliphatic hydroxyl groups is 1. The fraction of sp³-hybridized carbons (Fsp3) is 0.240. The maximum Gasteiger partial charge on any atom is 0.229 e. The number of nitrogens with zero attached hydrogens (tertiary/aromatic N) is 3. The quantitative estimate of drug-likeness (QED) is 0.421. The molecule has 4 aromatic rings. The van der Waals surface area contributed by atoms with Gasteiger partial charge in [-0.1, -0.05) is 36.4 Å². The molecule has 1 saturated carbocycles. The zero-order chi connectivity index (χ0) is 21.0. The fourth-order valence-electron chi connectivity index (χ4n) is 4.07. The van der Waals surface area contributed by atoms with E-state index in [9.17, 15) is 5.11 Å². The van der Waals surface area contributed by atoms with Crippen molar-refractivity contribution in [3.05, 3.63) is 73.1 Å². The summed E-state index contributed by atoms with van der Waals surface area (Å²) in [6.07, 6.45) is 6.86. The minimum absolute atomic E-state index is 0.191. The first-order valence-electron chi connectivity index (χ1n) is 10.7. The monoisotopic (exact) mass is 411 g/mol. The van der Waals surface area contributed by atoms with E-state index in [-0.39, 0.29) is 12.1 Å². The van der Waals surface area contributed by atoms with Crippen molar-refractivity contribution in [1.82, 2.24) is 15.0 Å². The smallest absolute Gasteiger partial charge is 0.229 e. The number of hydrogen-bond donors (Lipinski definition) is 3. The van der Waals surface area contributed by atoms with Crippen molar-refractivity contribution in [1.29, 1.82) is 0 Å². The Morgan fingerprint density at radius 1 is 0.839 bits per heavy atom. The number of nitrogens with one attached hydrogen (secondary N) is 2. The van der Waals surface area contributed by atoms with Gasteiger partial charge in [-0.2, -0.15) is 4.98 Å². The van der Waals surface area contributed by atoms with Gasteiger partial charge >= 0.3 is 0 Å². The Morgan fingerprint density at radius 3 is 2.45 bits per heavy atom. The van der Waals surface area contributed by atoms with Crippen molar-refractivity contribution in [2.24, 2.45) is 0 Å². The summed E-state index contributed by atoms with van der Waals surface area (Å²) in [6, 6.07) is 20.6. The van der Waals surface area contributed by atoms with E-state index in [4.69, 9.17) is 4.98 Å². The minimum Gasteiger partial charge on any atom is -0.393 e. The highest BCUT2D eigenvalue weighted by Crippen LogP contribution is 2.29. The molecule has 6 heteroatoms. The van der Waals surface area contributed by atoms with Crippen LogP contribution in [0.15, 0.2) is 73.1 Å². The second-order valence-corrected chi connectivity index (χ2v) is 8.01. The van der Waals surface area contributed by atoms with Crippen LogP contribution in [0.3, 0.4) is 0 Å². The molecule has 2 aromatic carbocycles. The first-order chi connectivity index (χ1) is 15.2. The van der Waals surface area contributed by atoms with Crippen molar-refractivity contribution < 1.29 is 5.11 Å². The molecule has 31 heavy (non-hydrogen) atoms. The Bertz CT molecular complexity index is 1170. The summed E-state index contributed by atoms with van der Waals surface area (Å²) < 4.78 is 0. The van der Waals surface area contributed by atoms with E-state index < -0.39 is 0 Å². The molecular weight excluding hydrogens is 386 g/mol. The first kappa shape index (κ1) is 19.5. The SMILES string of the molecule is O[C@H]1CC[C@H](Nc2nc(Nc3ccc4ccccc4c3)ncc2-c2ccccn2)CC1. The lowest BCUT2D eigenvalue weighted by Gasteiger charge is -2.27. The maximum absolute atomic E-state index is 9.84. The van der Waals surface area contributed by atoms with E-state index in [0.717, 1.165) is 53.8 Å². The molecule has 2 heterocycles. The number of fused-ring (bicyclic) bond motifs is 1. The number of benzene rings is 2. The predicted octanol–water partition coefficient (Wildman–Crippen LogP) is 5.15. The van der Waals surface area contributed by atoms with Crippen molar-refractivity contribution in [3.63, 3.8) is 0 Å². The standard InChI is InChI=1S/C25H25N5O/c31-21-12-10-19(11-13-21)28-24-22(23-7-3-4-14-26-23)16-27-25(30-24)29-20-9-8-17-5-1-2-6-18(17)15-20/h1-9,14-16,19,21,31H,10-13H2,(H2,27,28,29,30)/t19-,21-. The van der Waals surface area contributed by atoms with Gasteiger partial charge in [-0.25, -0.2) is 4.98 Å². The number of pyridine rings is 1. The van der Waals surface area contributed by atoms with Crippen LogP contribution in [0.4, 0.5) is 17.5 Å². The normalized spacial score (nSPS) is 18.6. The molecule has 6 nitrogen and oxygen atoms in total. The third-order valence-corrected chi connectivity index (χ3v) is 5.77. The van der Waals surface area contributed by atoms with Crippen LogP contribution in [-0.4, -0.2) is 32.2 Å². The molecule has 0 saturated heterocycles. The average Bonchev–Trinajstić information content (AvgIpc) is 2.81. The number of aliphatic hydroxyl groups excluding tert-OH is 1. The molecule has 0 radical (unpaired) electrons. The van der Waals surface area contributed by atoms with Gasteiger partial charge in [0.05, 0.1) is 17.4 Å². The highest BCUT2D eigenvalue weighted by molar-refractivity contribution is 5.86. The Hall–Kier alpha value is -3.51. The molecule has 1 aliphatic rings. The highest BCUT2D eigenvalue weighted by Gasteiger charge is 2.21. The lowest BCUT2D eigenvalue weighted by molar-refractivity contribution is 0.126. The summed E-state index contributed by atoms with van der Waals surface area (Å²) in [4.78, 5) is 13.8. The van der Waals surface area contributed by atoms with Gasteiger partial charge in [0.1, 0.15) is 5.82 Å². The van der Waals surface area contributed by atoms with Crippen LogP contribution in [0.1, 0.15) is 25.7 Å². The number of aromatic nitrogens is 3. The van der Waals surface area contributed by atoms with Crippen LogP contribution in [0.2, 0.25) is 0 Å². The molecular formula is C25H25N5O. The molecule has 0 amide bonds. The Labute approximate surface area is 181 Å². The summed E-state index contributed by atoms with van der Waals surface area (Å²) >= 11 is 0. The van der Waals surface area contributed by atoms with Crippen molar-refractivity contribution in [3.8, 4) is 11.3 Å². The lowest BCUT2D eigenvalue weighted by atomic mass is 9.93. The second kappa shape index (κ2) is 8.70. The van der Waals surface area contributed by atoms with E-state index in [2.05, 4.69) is 44.9 Å². The van der Waals surface area contributed by atoms with Crippen molar-refractivity contribution in [2.45, 2.75) is 37.8 Å². The lowest BCUT2D eigenvalue weighted by Crippen LogP contribution is -2.29. The van der Waals surface area contributed by atoms with Gasteiger partial charge in [0.25, 0.3) is 0 Å². The minimum atomic E-state index is -0.191. The predicted molar refractivity (Wildman–Crippen MR) is 124 cm³/mol. The summed E-state index contributed by atoms with van der Waals surface area (Å²) in [5.74, 6) is 1.30. The Morgan fingerprint density at radius 2 is 1.65 bits per heavy atom. The molecule has 3 N–H and O–H groups in total. The van der Waals surface area contributed by atoms with E-state index in [1.807, 2.05) is 42.6 Å². The van der Waals surface area contributed by atoms with Gasteiger partial charge in [0.15, 0.2) is 0 Å². The fourth-order valence-corrected chi connectivity index (χ4v) is 4.07. The largest absolute Gasteiger partial charge is 0.393 e. The van der Waals surface area contributed by atoms with E-state index in [1.54, 1.807) is 6.20 Å². The Kier molecular flexibility index (Phi) is 5.46. The van der Waals surface area contributed by atoms with Gasteiger partial charge in [-0.15, -0.1) is 0 Å². The summed E-state index contributed by atoms with van der Waals surface area (Å²) in [6.45, 7) is 0. The molecule has 156 valence electrons. The number of hydrogen-bond acceptors (Lipinski definition) is 6. The molecule has 1 aliphatic carbocycles. The summed E-state index contributed by atoms with van der Waals surface area (Å²) in [7, 11) is 0. The molecule has 0 atom stereocenters. The molecule has 5 rings (SSSR count). The van der Waals surface area contributed by atoms with Gasteiger partial charge in [-0.05, 0) is 60.7 Å². The van der Waals surface area contributed by atoms with Crippen LogP contribution >= 0.6 is 0 Å². The van der Waals surface area contributed by atoms with Crippen molar-refractivity contribution in [2.75, 3.05) is 10.6 Å². The second-order valence-electron chi connectivity index (χ2n) is 8.01. The summed E-state index contributed by atoms with van der Waals surface area (Å²) in [5.41, 5.74) is 2.64. The van der Waals surface area contributed by atoms with Crippen LogP contribution in [0, 0.1) is 0 Å². The van der Waals surface area contributed by atoms with Gasteiger partial charge in [0.2, 0.25) is 5.95 Å². The molecule has 0 bridgehead atoms. The third kappa shape index (κ3) is 4.49. The average molecular weight is 412 g/mol. The molecule has 0 unspecified atom stereocenters. The van der Waals surface area contributed by atoms with Gasteiger partial charge in [-0.3, -0.25) is 4.98 Å². The zero-order valence-electron chi connectivity index (χ0n) is 17.2. The Balaban J connectivity index is 1.45. The van der Waals surface area contributed by atoms with Gasteiger partial charge in [0, 0.05) is 24.1 Å². The van der Waals surface area contributed by atoms with Crippen molar-refractivity contribution >= 4 is 28.2 Å². The zero-order valence-corrected chi connectivity index (χ0v) is 17.2. The number of anilines is 3. The third-order valence-electron chi connectivity index (χ3n) is 5.77. The first-order valence-corrected chi connectivity index (χ1v) is 10.7. The molecule has 2 aromatic heterocycles. The summed E-state index contributed by atoms with van der Waals surface area (Å²) in [5, 5.41) is 19.1. The molecule has 0 spiro atoms. The van der Waals surface area contributed by atoms with Crippen LogP contribution in [-0.2, 0) is 0 Å². The van der Waals surface area contributed by atoms with E-state index in [1.165, 1.54) is 5.39 Å². The van der Waals surface area contributed by atoms with Crippen LogP contribution < -0.4 is 10.6 Å². The molecule has 0 aliphatic heterocycles. The van der Waals surface area contributed by atoms with Crippen LogP contribution in [0.25, 0.3) is 22.0 Å². The van der Waals surface area contributed by atoms with Crippen LogP contribution in [0.5, 0.6) is 0 Å². The topological polar surface area (TPSA) is 83.0 Å². The molecule has 1 fully saturated rings. The maximum atomic E-state index is 9.84.